The second kappa shape index (κ2) is 10.9. The molecule has 29 heavy (non-hydrogen) atoms. The highest BCUT2D eigenvalue weighted by atomic mass is 16.5. The Balaban J connectivity index is 1.59. The number of carbonyl (C=O) groups excluding carboxylic acids is 1. The molecule has 0 radical (unpaired) electrons. The van der Waals surface area contributed by atoms with Crippen LogP contribution in [0.4, 0.5) is 5.69 Å². The van der Waals surface area contributed by atoms with Crippen molar-refractivity contribution >= 4 is 11.6 Å². The largest absolute Gasteiger partial charge is 0.493 e. The van der Waals surface area contributed by atoms with Gasteiger partial charge < -0.3 is 19.5 Å². The molecule has 0 heterocycles. The second-order valence-electron chi connectivity index (χ2n) is 6.40. The first-order chi connectivity index (χ1) is 14.3. The first kappa shape index (κ1) is 20.4. The van der Waals surface area contributed by atoms with Crippen molar-refractivity contribution in [3.8, 4) is 11.5 Å². The van der Waals surface area contributed by atoms with Gasteiger partial charge in [-0.05, 0) is 29.8 Å². The van der Waals surface area contributed by atoms with E-state index in [2.05, 4.69) is 17.4 Å². The van der Waals surface area contributed by atoms with Crippen LogP contribution in [0.15, 0.2) is 78.9 Å². The Bertz CT molecular complexity index is 912. The summed E-state index contributed by atoms with van der Waals surface area (Å²) in [6, 6.07) is 24.7. The number of benzene rings is 3. The highest BCUT2D eigenvalue weighted by Crippen LogP contribution is 2.22. The molecule has 150 valence electrons. The number of hydrogen-bond acceptors (Lipinski definition) is 4. The zero-order valence-electron chi connectivity index (χ0n) is 16.5. The average Bonchev–Trinajstić information content (AvgIpc) is 2.75. The van der Waals surface area contributed by atoms with E-state index in [0.717, 1.165) is 6.42 Å². The summed E-state index contributed by atoms with van der Waals surface area (Å²) < 4.78 is 16.5. The fourth-order valence-electron chi connectivity index (χ4n) is 2.81. The second-order valence-corrected chi connectivity index (χ2v) is 6.40. The van der Waals surface area contributed by atoms with E-state index in [1.54, 1.807) is 25.3 Å². The van der Waals surface area contributed by atoms with Crippen molar-refractivity contribution < 1.29 is 19.0 Å². The highest BCUT2D eigenvalue weighted by molar-refractivity contribution is 6.06. The predicted octanol–water partition coefficient (Wildman–Crippen LogP) is 4.59. The van der Waals surface area contributed by atoms with Crippen molar-refractivity contribution in [2.75, 3.05) is 32.2 Å². The zero-order chi connectivity index (χ0) is 20.3. The van der Waals surface area contributed by atoms with E-state index >= 15 is 0 Å². The van der Waals surface area contributed by atoms with Crippen molar-refractivity contribution in [1.29, 1.82) is 0 Å². The Kier molecular flexibility index (Phi) is 7.66. The normalized spacial score (nSPS) is 10.4. The number of anilines is 1. The van der Waals surface area contributed by atoms with Gasteiger partial charge in [0.1, 0.15) is 18.1 Å². The minimum Gasteiger partial charge on any atom is -0.493 e. The van der Waals surface area contributed by atoms with Crippen LogP contribution in [-0.4, -0.2) is 32.8 Å². The van der Waals surface area contributed by atoms with E-state index in [9.17, 15) is 4.79 Å². The molecule has 1 N–H and O–H groups in total. The van der Waals surface area contributed by atoms with Crippen molar-refractivity contribution in [3.05, 3.63) is 90.0 Å². The maximum Gasteiger partial charge on any atom is 0.259 e. The molecule has 5 heteroatoms. The molecule has 0 fully saturated rings. The maximum absolute atomic E-state index is 12.7. The lowest BCUT2D eigenvalue weighted by atomic mass is 10.1. The van der Waals surface area contributed by atoms with Crippen LogP contribution in [0, 0.1) is 0 Å². The molecule has 0 unspecified atom stereocenters. The molecular weight excluding hydrogens is 366 g/mol. The predicted molar refractivity (Wildman–Crippen MR) is 114 cm³/mol. The topological polar surface area (TPSA) is 56.8 Å². The lowest BCUT2D eigenvalue weighted by Crippen LogP contribution is -2.15. The maximum atomic E-state index is 12.7. The number of methoxy groups -OCH3 is 1. The summed E-state index contributed by atoms with van der Waals surface area (Å²) in [7, 11) is 1.61. The third-order valence-corrected chi connectivity index (χ3v) is 4.27. The number of para-hydroxylation sites is 1. The van der Waals surface area contributed by atoms with Crippen molar-refractivity contribution in [2.24, 2.45) is 0 Å². The molecule has 5 nitrogen and oxygen atoms in total. The minimum absolute atomic E-state index is 0.237. The molecule has 1 amide bonds. The molecule has 3 rings (SSSR count). The molecule has 0 aromatic heterocycles. The molecule has 3 aromatic rings. The molecule has 0 saturated heterocycles. The van der Waals surface area contributed by atoms with E-state index in [1.807, 2.05) is 48.5 Å². The summed E-state index contributed by atoms with van der Waals surface area (Å²) in [4.78, 5) is 12.7. The third kappa shape index (κ3) is 6.36. The fourth-order valence-corrected chi connectivity index (χ4v) is 2.81. The number of rotatable bonds is 10. The smallest absolute Gasteiger partial charge is 0.259 e. The Hall–Kier alpha value is -3.31. The van der Waals surface area contributed by atoms with Crippen molar-refractivity contribution in [2.45, 2.75) is 6.42 Å². The Labute approximate surface area is 171 Å². The molecule has 0 spiro atoms. The van der Waals surface area contributed by atoms with Crippen LogP contribution >= 0.6 is 0 Å². The standard InChI is InChI=1S/C24H25NO4/c1-27-16-17-29-23-13-6-5-12-22(23)24(26)25-20-10-7-11-21(18-20)28-15-14-19-8-3-2-4-9-19/h2-13,18H,14-17H2,1H3,(H,25,26). The lowest BCUT2D eigenvalue weighted by molar-refractivity contribution is 0.101. The van der Waals surface area contributed by atoms with Gasteiger partial charge in [0.25, 0.3) is 5.91 Å². The first-order valence-electron chi connectivity index (χ1n) is 9.55. The Morgan fingerprint density at radius 1 is 0.828 bits per heavy atom. The van der Waals surface area contributed by atoms with E-state index in [0.29, 0.717) is 42.6 Å². The van der Waals surface area contributed by atoms with Gasteiger partial charge in [0.2, 0.25) is 0 Å². The summed E-state index contributed by atoms with van der Waals surface area (Å²) in [5.41, 5.74) is 2.36. The van der Waals surface area contributed by atoms with Crippen molar-refractivity contribution in [1.82, 2.24) is 0 Å². The summed E-state index contributed by atoms with van der Waals surface area (Å²) in [6.07, 6.45) is 0.823. The van der Waals surface area contributed by atoms with Gasteiger partial charge in [0, 0.05) is 25.3 Å². The molecular formula is C24H25NO4. The van der Waals surface area contributed by atoms with Gasteiger partial charge in [-0.25, -0.2) is 0 Å². The van der Waals surface area contributed by atoms with Gasteiger partial charge in [0.05, 0.1) is 18.8 Å². The molecule has 0 aliphatic heterocycles. The van der Waals surface area contributed by atoms with Gasteiger partial charge in [-0.15, -0.1) is 0 Å². The number of hydrogen-bond donors (Lipinski definition) is 1. The van der Waals surface area contributed by atoms with E-state index in [1.165, 1.54) is 5.56 Å². The van der Waals surface area contributed by atoms with Gasteiger partial charge >= 0.3 is 0 Å². The Morgan fingerprint density at radius 2 is 1.62 bits per heavy atom. The van der Waals surface area contributed by atoms with Crippen molar-refractivity contribution in [3.63, 3.8) is 0 Å². The van der Waals surface area contributed by atoms with E-state index in [4.69, 9.17) is 14.2 Å². The molecule has 3 aromatic carbocycles. The average molecular weight is 391 g/mol. The third-order valence-electron chi connectivity index (χ3n) is 4.27. The molecule has 0 saturated carbocycles. The van der Waals surface area contributed by atoms with Gasteiger partial charge in [0.15, 0.2) is 0 Å². The summed E-state index contributed by atoms with van der Waals surface area (Å²) >= 11 is 0. The first-order valence-corrected chi connectivity index (χ1v) is 9.55. The highest BCUT2D eigenvalue weighted by Gasteiger charge is 2.12. The number of ether oxygens (including phenoxy) is 3. The van der Waals surface area contributed by atoms with Gasteiger partial charge in [-0.3, -0.25) is 4.79 Å². The monoisotopic (exact) mass is 391 g/mol. The summed E-state index contributed by atoms with van der Waals surface area (Å²) in [5, 5.41) is 2.91. The quantitative estimate of drug-likeness (QED) is 0.514. The number of carbonyl (C=O) groups is 1. The van der Waals surface area contributed by atoms with Crippen LogP contribution in [0.1, 0.15) is 15.9 Å². The van der Waals surface area contributed by atoms with Crippen LogP contribution in [0.3, 0.4) is 0 Å². The number of nitrogens with one attached hydrogen (secondary N) is 1. The molecule has 0 aliphatic carbocycles. The van der Waals surface area contributed by atoms with Crippen LogP contribution < -0.4 is 14.8 Å². The number of amides is 1. The minimum atomic E-state index is -0.237. The molecule has 0 bridgehead atoms. The lowest BCUT2D eigenvalue weighted by Gasteiger charge is -2.12. The zero-order valence-corrected chi connectivity index (χ0v) is 16.5. The van der Waals surface area contributed by atoms with Crippen LogP contribution in [0.25, 0.3) is 0 Å². The van der Waals surface area contributed by atoms with Gasteiger partial charge in [-0.1, -0.05) is 48.5 Å². The molecule has 0 aliphatic rings. The van der Waals surface area contributed by atoms with Crippen LogP contribution in [0.2, 0.25) is 0 Å². The van der Waals surface area contributed by atoms with Gasteiger partial charge in [-0.2, -0.15) is 0 Å². The Morgan fingerprint density at radius 3 is 2.45 bits per heavy atom. The summed E-state index contributed by atoms with van der Waals surface area (Å²) in [6.45, 7) is 1.40. The molecule has 0 atom stereocenters. The fraction of sp³-hybridized carbons (Fsp3) is 0.208. The van der Waals surface area contributed by atoms with Crippen LogP contribution in [0.5, 0.6) is 11.5 Å². The summed E-state index contributed by atoms with van der Waals surface area (Å²) in [5.74, 6) is 1.00. The SMILES string of the molecule is COCCOc1ccccc1C(=O)Nc1cccc(OCCc2ccccc2)c1. The van der Waals surface area contributed by atoms with E-state index < -0.39 is 0 Å². The van der Waals surface area contributed by atoms with E-state index in [-0.39, 0.29) is 5.91 Å². The van der Waals surface area contributed by atoms with Crippen LogP contribution in [-0.2, 0) is 11.2 Å².